The van der Waals surface area contributed by atoms with Crippen LogP contribution in [0.3, 0.4) is 0 Å². The quantitative estimate of drug-likeness (QED) is 0.728. The minimum Gasteiger partial charge on any atom is -0.497 e. The van der Waals surface area contributed by atoms with Gasteiger partial charge in [-0.15, -0.1) is 0 Å². The van der Waals surface area contributed by atoms with E-state index >= 15 is 0 Å². The Morgan fingerprint density at radius 1 is 1.21 bits per heavy atom. The minimum absolute atomic E-state index is 0.0314. The fraction of sp³-hybridized carbons (Fsp3) is 0.652. The monoisotopic (exact) mass is 398 g/mol. The molecule has 0 bridgehead atoms. The van der Waals surface area contributed by atoms with Gasteiger partial charge in [-0.05, 0) is 56.7 Å². The van der Waals surface area contributed by atoms with E-state index in [9.17, 15) is 4.79 Å². The van der Waals surface area contributed by atoms with Gasteiger partial charge < -0.3 is 15.0 Å². The van der Waals surface area contributed by atoms with Crippen LogP contribution in [0.4, 0.5) is 5.69 Å². The highest BCUT2D eigenvalue weighted by molar-refractivity contribution is 5.76. The van der Waals surface area contributed by atoms with Gasteiger partial charge in [0.25, 0.3) is 0 Å². The SMILES string of the molecule is COc1cccc(N2CCN(CCC3CCC(NC(=O)CCC#N)CC3)CC2)c1. The third-order valence-corrected chi connectivity index (χ3v) is 6.32. The fourth-order valence-corrected chi connectivity index (χ4v) is 4.47. The Labute approximate surface area is 174 Å². The lowest BCUT2D eigenvalue weighted by atomic mass is 9.84. The molecule has 1 saturated heterocycles. The number of ether oxygens (including phenoxy) is 1. The average molecular weight is 399 g/mol. The molecule has 1 aliphatic carbocycles. The molecule has 0 unspecified atom stereocenters. The number of methoxy groups -OCH3 is 1. The molecule has 1 N–H and O–H groups in total. The first-order valence-corrected chi connectivity index (χ1v) is 11.0. The fourth-order valence-electron chi connectivity index (χ4n) is 4.47. The number of anilines is 1. The number of hydrogen-bond donors (Lipinski definition) is 1. The Hall–Kier alpha value is -2.26. The lowest BCUT2D eigenvalue weighted by molar-refractivity contribution is -0.122. The van der Waals surface area contributed by atoms with Crippen molar-refractivity contribution in [2.45, 2.75) is 51.0 Å². The molecule has 2 fully saturated rings. The van der Waals surface area contributed by atoms with E-state index in [1.54, 1.807) is 7.11 Å². The zero-order chi connectivity index (χ0) is 20.5. The molecule has 3 rings (SSSR count). The molecule has 6 heteroatoms. The van der Waals surface area contributed by atoms with Crippen LogP contribution < -0.4 is 15.0 Å². The summed E-state index contributed by atoms with van der Waals surface area (Å²) < 4.78 is 5.35. The summed E-state index contributed by atoms with van der Waals surface area (Å²) in [5.41, 5.74) is 1.25. The van der Waals surface area contributed by atoms with Crippen LogP contribution in [0.5, 0.6) is 5.75 Å². The molecule has 1 aromatic carbocycles. The second kappa shape index (κ2) is 11.1. The number of carbonyl (C=O) groups excluding carboxylic acids is 1. The molecular weight excluding hydrogens is 364 g/mol. The summed E-state index contributed by atoms with van der Waals surface area (Å²) >= 11 is 0. The van der Waals surface area contributed by atoms with E-state index in [1.807, 2.05) is 12.1 Å². The third-order valence-electron chi connectivity index (χ3n) is 6.32. The molecule has 158 valence electrons. The van der Waals surface area contributed by atoms with E-state index in [-0.39, 0.29) is 5.91 Å². The van der Waals surface area contributed by atoms with E-state index in [0.717, 1.165) is 50.7 Å². The van der Waals surface area contributed by atoms with Crippen LogP contribution in [-0.4, -0.2) is 56.7 Å². The second-order valence-electron chi connectivity index (χ2n) is 8.26. The van der Waals surface area contributed by atoms with Crippen LogP contribution in [0.2, 0.25) is 0 Å². The van der Waals surface area contributed by atoms with Crippen LogP contribution >= 0.6 is 0 Å². The van der Waals surface area contributed by atoms with Gasteiger partial charge in [0.05, 0.1) is 13.2 Å². The number of amides is 1. The van der Waals surface area contributed by atoms with Crippen LogP contribution in [0.15, 0.2) is 24.3 Å². The van der Waals surface area contributed by atoms with Crippen molar-refractivity contribution in [2.24, 2.45) is 5.92 Å². The van der Waals surface area contributed by atoms with Crippen molar-refractivity contribution >= 4 is 11.6 Å². The molecule has 1 amide bonds. The molecule has 1 aromatic rings. The summed E-state index contributed by atoms with van der Waals surface area (Å²) in [6, 6.07) is 10.7. The van der Waals surface area contributed by atoms with Crippen LogP contribution in [0.1, 0.15) is 44.9 Å². The van der Waals surface area contributed by atoms with Crippen molar-refractivity contribution in [3.63, 3.8) is 0 Å². The summed E-state index contributed by atoms with van der Waals surface area (Å²) in [6.45, 7) is 5.53. The van der Waals surface area contributed by atoms with E-state index in [4.69, 9.17) is 10.00 Å². The molecular formula is C23H34N4O2. The number of piperazine rings is 1. The molecule has 0 atom stereocenters. The highest BCUT2D eigenvalue weighted by Crippen LogP contribution is 2.28. The predicted molar refractivity (Wildman–Crippen MR) is 115 cm³/mol. The Balaban J connectivity index is 1.32. The average Bonchev–Trinajstić information content (AvgIpc) is 2.77. The third kappa shape index (κ3) is 6.64. The first kappa shape index (κ1) is 21.4. The lowest BCUT2D eigenvalue weighted by Crippen LogP contribution is -2.47. The predicted octanol–water partition coefficient (Wildman–Crippen LogP) is 3.19. The number of nitrogens with one attached hydrogen (secondary N) is 1. The summed E-state index contributed by atoms with van der Waals surface area (Å²) in [7, 11) is 1.72. The zero-order valence-electron chi connectivity index (χ0n) is 17.6. The maximum Gasteiger partial charge on any atom is 0.221 e. The normalized spacial score (nSPS) is 22.7. The van der Waals surface area contributed by atoms with E-state index < -0.39 is 0 Å². The van der Waals surface area contributed by atoms with Crippen LogP contribution in [0.25, 0.3) is 0 Å². The number of nitrogens with zero attached hydrogens (tertiary/aromatic N) is 3. The van der Waals surface area contributed by atoms with Gasteiger partial charge in [-0.1, -0.05) is 6.07 Å². The summed E-state index contributed by atoms with van der Waals surface area (Å²) in [5, 5.41) is 11.7. The van der Waals surface area contributed by atoms with Crippen LogP contribution in [-0.2, 0) is 4.79 Å². The standard InChI is InChI=1S/C23H34N4O2/c1-29-22-5-2-4-21(18-22)27-16-14-26(15-17-27)13-11-19-7-9-20(10-8-19)25-23(28)6-3-12-24/h2,4-5,18-20H,3,6-11,13-17H2,1H3,(H,25,28). The van der Waals surface area contributed by atoms with E-state index in [2.05, 4.69) is 33.3 Å². The number of nitriles is 1. The molecule has 1 saturated carbocycles. The largest absolute Gasteiger partial charge is 0.497 e. The van der Waals surface area contributed by atoms with Gasteiger partial charge in [-0.25, -0.2) is 0 Å². The number of carbonyl (C=O) groups is 1. The van der Waals surface area contributed by atoms with E-state index in [1.165, 1.54) is 31.5 Å². The Bertz CT molecular complexity index is 686. The van der Waals surface area contributed by atoms with Crippen molar-refractivity contribution in [1.29, 1.82) is 5.26 Å². The highest BCUT2D eigenvalue weighted by Gasteiger charge is 2.24. The molecule has 1 aliphatic heterocycles. The van der Waals surface area contributed by atoms with Crippen molar-refractivity contribution in [1.82, 2.24) is 10.2 Å². The molecule has 1 heterocycles. The van der Waals surface area contributed by atoms with E-state index in [0.29, 0.717) is 18.9 Å². The maximum atomic E-state index is 11.8. The zero-order valence-corrected chi connectivity index (χ0v) is 17.6. The van der Waals surface area contributed by atoms with Crippen molar-refractivity contribution in [2.75, 3.05) is 44.7 Å². The van der Waals surface area contributed by atoms with Crippen LogP contribution in [0, 0.1) is 17.2 Å². The highest BCUT2D eigenvalue weighted by atomic mass is 16.5. The van der Waals surface area contributed by atoms with Crippen molar-refractivity contribution in [3.05, 3.63) is 24.3 Å². The smallest absolute Gasteiger partial charge is 0.221 e. The van der Waals surface area contributed by atoms with Gasteiger partial charge in [-0.2, -0.15) is 5.26 Å². The summed E-state index contributed by atoms with van der Waals surface area (Å²) in [4.78, 5) is 16.8. The first-order chi connectivity index (χ1) is 14.2. The Morgan fingerprint density at radius 2 is 1.97 bits per heavy atom. The molecule has 0 radical (unpaired) electrons. The van der Waals surface area contributed by atoms with Gasteiger partial charge in [0.1, 0.15) is 5.75 Å². The molecule has 6 nitrogen and oxygen atoms in total. The molecule has 29 heavy (non-hydrogen) atoms. The van der Waals surface area contributed by atoms with Crippen molar-refractivity contribution < 1.29 is 9.53 Å². The van der Waals surface area contributed by atoms with Gasteiger partial charge in [0.15, 0.2) is 0 Å². The maximum absolute atomic E-state index is 11.8. The molecule has 0 aromatic heterocycles. The second-order valence-corrected chi connectivity index (χ2v) is 8.26. The summed E-state index contributed by atoms with van der Waals surface area (Å²) in [6.07, 6.45) is 6.46. The number of rotatable bonds is 8. The van der Waals surface area contributed by atoms with Gasteiger partial charge in [0, 0.05) is 56.8 Å². The van der Waals surface area contributed by atoms with Gasteiger partial charge >= 0.3 is 0 Å². The number of benzene rings is 1. The molecule has 0 spiro atoms. The minimum atomic E-state index is 0.0314. The molecule has 2 aliphatic rings. The first-order valence-electron chi connectivity index (χ1n) is 11.0. The summed E-state index contributed by atoms with van der Waals surface area (Å²) in [5.74, 6) is 1.73. The lowest BCUT2D eigenvalue weighted by Gasteiger charge is -2.37. The van der Waals surface area contributed by atoms with Crippen molar-refractivity contribution in [3.8, 4) is 11.8 Å². The Kier molecular flexibility index (Phi) is 8.18. The number of hydrogen-bond acceptors (Lipinski definition) is 5. The van der Waals surface area contributed by atoms with Gasteiger partial charge in [-0.3, -0.25) is 9.69 Å². The topological polar surface area (TPSA) is 68.6 Å². The Morgan fingerprint density at radius 3 is 2.66 bits per heavy atom. The van der Waals surface area contributed by atoms with Gasteiger partial charge in [0.2, 0.25) is 5.91 Å².